The Morgan fingerprint density at radius 3 is 2.77 bits per heavy atom. The first-order valence-electron chi connectivity index (χ1n) is 3.61. The lowest BCUT2D eigenvalue weighted by Crippen LogP contribution is -1.85. The Labute approximate surface area is 87.4 Å². The highest BCUT2D eigenvalue weighted by Gasteiger charge is 2.08. The predicted molar refractivity (Wildman–Crippen MR) is 55.2 cm³/mol. The molecule has 1 nitrogen and oxygen atoms in total. The zero-order chi connectivity index (χ0) is 9.26. The molecule has 4 heteroatoms. The molecule has 0 aromatic carbocycles. The molecule has 2 aromatic heterocycles. The van der Waals surface area contributed by atoms with Crippen LogP contribution < -0.4 is 0 Å². The zero-order valence-electron chi connectivity index (χ0n) is 6.50. The number of thiophene rings is 1. The highest BCUT2D eigenvalue weighted by molar-refractivity contribution is 9.10. The van der Waals surface area contributed by atoms with E-state index in [9.17, 15) is 4.39 Å². The van der Waals surface area contributed by atoms with Gasteiger partial charge in [0.05, 0.1) is 0 Å². The van der Waals surface area contributed by atoms with Crippen molar-refractivity contribution in [3.05, 3.63) is 39.5 Å². The van der Waals surface area contributed by atoms with Gasteiger partial charge in [0.2, 0.25) is 5.95 Å². The second-order valence-corrected chi connectivity index (χ2v) is 4.07. The molecule has 0 aliphatic heterocycles. The van der Waals surface area contributed by atoms with Crippen molar-refractivity contribution in [1.29, 1.82) is 0 Å². The van der Waals surface area contributed by atoms with Crippen LogP contribution in [-0.4, -0.2) is 4.98 Å². The smallest absolute Gasteiger partial charge is 0.220 e. The van der Waals surface area contributed by atoms with Crippen molar-refractivity contribution in [2.24, 2.45) is 0 Å². The van der Waals surface area contributed by atoms with E-state index in [-0.39, 0.29) is 0 Å². The van der Waals surface area contributed by atoms with Crippen LogP contribution in [0.4, 0.5) is 4.39 Å². The molecule has 0 bridgehead atoms. The SMILES string of the molecule is Fc1ncccc1-c1cscc1Br. The van der Waals surface area contributed by atoms with Gasteiger partial charge < -0.3 is 0 Å². The van der Waals surface area contributed by atoms with Crippen LogP contribution in [0.15, 0.2) is 33.6 Å². The van der Waals surface area contributed by atoms with Gasteiger partial charge in [-0.3, -0.25) is 0 Å². The Morgan fingerprint density at radius 2 is 2.15 bits per heavy atom. The lowest BCUT2D eigenvalue weighted by molar-refractivity contribution is 0.587. The van der Waals surface area contributed by atoms with Crippen LogP contribution in [0.2, 0.25) is 0 Å². The van der Waals surface area contributed by atoms with Crippen LogP contribution in [0.5, 0.6) is 0 Å². The van der Waals surface area contributed by atoms with Gasteiger partial charge in [-0.15, -0.1) is 0 Å². The molecule has 0 aliphatic carbocycles. The molecule has 0 spiro atoms. The largest absolute Gasteiger partial charge is 0.228 e. The molecule has 2 heterocycles. The minimum Gasteiger partial charge on any atom is -0.228 e. The third-order valence-corrected chi connectivity index (χ3v) is 3.37. The van der Waals surface area contributed by atoms with Crippen molar-refractivity contribution in [3.8, 4) is 11.1 Å². The summed E-state index contributed by atoms with van der Waals surface area (Å²) in [5, 5.41) is 3.81. The van der Waals surface area contributed by atoms with Crippen molar-refractivity contribution in [1.82, 2.24) is 4.98 Å². The van der Waals surface area contributed by atoms with Crippen molar-refractivity contribution in [3.63, 3.8) is 0 Å². The maximum absolute atomic E-state index is 13.2. The molecule has 66 valence electrons. The summed E-state index contributed by atoms with van der Waals surface area (Å²) in [7, 11) is 0. The Balaban J connectivity index is 2.59. The first kappa shape index (κ1) is 8.84. The fourth-order valence-electron chi connectivity index (χ4n) is 1.06. The third-order valence-electron chi connectivity index (χ3n) is 1.66. The van der Waals surface area contributed by atoms with E-state index >= 15 is 0 Å². The molecule has 0 atom stereocenters. The molecule has 0 radical (unpaired) electrons. The van der Waals surface area contributed by atoms with E-state index in [2.05, 4.69) is 20.9 Å². The summed E-state index contributed by atoms with van der Waals surface area (Å²) in [5.74, 6) is -0.429. The van der Waals surface area contributed by atoms with Crippen LogP contribution >= 0.6 is 27.3 Å². The summed E-state index contributed by atoms with van der Waals surface area (Å²) in [6.45, 7) is 0. The number of hydrogen-bond donors (Lipinski definition) is 0. The van der Waals surface area contributed by atoms with E-state index in [1.807, 2.05) is 10.8 Å². The normalized spacial score (nSPS) is 10.3. The molecule has 0 aliphatic rings. The topological polar surface area (TPSA) is 12.9 Å². The molecule has 0 saturated heterocycles. The fourth-order valence-corrected chi connectivity index (χ4v) is 2.57. The van der Waals surface area contributed by atoms with E-state index in [1.165, 1.54) is 17.5 Å². The molecule has 2 aromatic rings. The average molecular weight is 258 g/mol. The minimum absolute atomic E-state index is 0.429. The quantitative estimate of drug-likeness (QED) is 0.710. The minimum atomic E-state index is -0.429. The summed E-state index contributed by atoms with van der Waals surface area (Å²) in [5.41, 5.74) is 1.39. The first-order valence-corrected chi connectivity index (χ1v) is 5.35. The van der Waals surface area contributed by atoms with Gasteiger partial charge in [-0.2, -0.15) is 15.7 Å². The van der Waals surface area contributed by atoms with E-state index in [0.29, 0.717) is 5.56 Å². The fraction of sp³-hybridized carbons (Fsp3) is 0. The van der Waals surface area contributed by atoms with Crippen molar-refractivity contribution in [2.45, 2.75) is 0 Å². The average Bonchev–Trinajstić information content (AvgIpc) is 2.52. The molecule has 0 N–H and O–H groups in total. The van der Waals surface area contributed by atoms with E-state index in [4.69, 9.17) is 0 Å². The molecule has 2 rings (SSSR count). The van der Waals surface area contributed by atoms with Crippen LogP contribution in [-0.2, 0) is 0 Å². The second kappa shape index (κ2) is 3.55. The summed E-state index contributed by atoms with van der Waals surface area (Å²) in [6.07, 6.45) is 1.44. The Hall–Kier alpha value is -0.740. The van der Waals surface area contributed by atoms with E-state index < -0.39 is 5.95 Å². The van der Waals surface area contributed by atoms with Gasteiger partial charge in [0.15, 0.2) is 0 Å². The Kier molecular flexibility index (Phi) is 2.42. The van der Waals surface area contributed by atoms with Gasteiger partial charge in [-0.1, -0.05) is 0 Å². The second-order valence-electron chi connectivity index (χ2n) is 2.48. The molecule has 0 fully saturated rings. The van der Waals surface area contributed by atoms with Crippen molar-refractivity contribution < 1.29 is 4.39 Å². The molecular weight excluding hydrogens is 253 g/mol. The summed E-state index contributed by atoms with van der Waals surface area (Å²) in [4.78, 5) is 3.59. The molecule has 0 amide bonds. The lowest BCUT2D eigenvalue weighted by Gasteiger charge is -1.98. The van der Waals surface area contributed by atoms with Gasteiger partial charge >= 0.3 is 0 Å². The van der Waals surface area contributed by atoms with E-state index in [1.54, 1.807) is 12.1 Å². The number of pyridine rings is 1. The van der Waals surface area contributed by atoms with Gasteiger partial charge in [-0.25, -0.2) is 4.98 Å². The van der Waals surface area contributed by atoms with Gasteiger partial charge in [0, 0.05) is 27.2 Å². The van der Waals surface area contributed by atoms with Gasteiger partial charge in [0.1, 0.15) is 0 Å². The molecular formula is C9H5BrFNS. The van der Waals surface area contributed by atoms with Crippen molar-refractivity contribution >= 4 is 27.3 Å². The van der Waals surface area contributed by atoms with Crippen molar-refractivity contribution in [2.75, 3.05) is 0 Å². The highest BCUT2D eigenvalue weighted by atomic mass is 79.9. The lowest BCUT2D eigenvalue weighted by atomic mass is 10.1. The number of halogens is 2. The van der Waals surface area contributed by atoms with Crippen LogP contribution in [0.1, 0.15) is 0 Å². The third kappa shape index (κ3) is 1.64. The van der Waals surface area contributed by atoms with Crippen LogP contribution in [0.25, 0.3) is 11.1 Å². The summed E-state index contributed by atoms with van der Waals surface area (Å²) in [6, 6.07) is 3.44. The van der Waals surface area contributed by atoms with Crippen LogP contribution in [0, 0.1) is 5.95 Å². The number of aromatic nitrogens is 1. The predicted octanol–water partition coefficient (Wildman–Crippen LogP) is 3.71. The van der Waals surface area contributed by atoms with Gasteiger partial charge in [0.25, 0.3) is 0 Å². The number of nitrogens with zero attached hydrogens (tertiary/aromatic N) is 1. The maximum atomic E-state index is 13.2. The monoisotopic (exact) mass is 257 g/mol. The van der Waals surface area contributed by atoms with E-state index in [0.717, 1.165) is 10.0 Å². The Morgan fingerprint density at radius 1 is 1.31 bits per heavy atom. The Bertz CT molecular complexity index is 427. The molecule has 13 heavy (non-hydrogen) atoms. The highest BCUT2D eigenvalue weighted by Crippen LogP contribution is 2.32. The first-order chi connectivity index (χ1) is 6.29. The maximum Gasteiger partial charge on any atom is 0.220 e. The number of rotatable bonds is 1. The van der Waals surface area contributed by atoms with Gasteiger partial charge in [-0.05, 0) is 33.4 Å². The summed E-state index contributed by atoms with van der Waals surface area (Å²) >= 11 is 4.88. The summed E-state index contributed by atoms with van der Waals surface area (Å²) < 4.78 is 14.1. The van der Waals surface area contributed by atoms with Crippen LogP contribution in [0.3, 0.4) is 0 Å². The standard InChI is InChI=1S/C9H5BrFNS/c10-8-5-13-4-7(8)6-2-1-3-12-9(6)11/h1-5H. The molecule has 0 saturated carbocycles. The zero-order valence-corrected chi connectivity index (χ0v) is 8.90. The molecule has 0 unspecified atom stereocenters. The number of hydrogen-bond acceptors (Lipinski definition) is 2.